The van der Waals surface area contributed by atoms with Crippen molar-refractivity contribution in [1.29, 1.82) is 0 Å². The average Bonchev–Trinajstić information content (AvgIpc) is 3.28. The molecule has 0 saturated carbocycles. The molecular formula is C23H33N3O3S. The van der Waals surface area contributed by atoms with Crippen molar-refractivity contribution in [1.82, 2.24) is 15.5 Å². The summed E-state index contributed by atoms with van der Waals surface area (Å²) < 4.78 is 6.22. The Balaban J connectivity index is 1.14. The van der Waals surface area contributed by atoms with Gasteiger partial charge in [-0.1, -0.05) is 18.6 Å². The van der Waals surface area contributed by atoms with E-state index in [4.69, 9.17) is 4.74 Å². The van der Waals surface area contributed by atoms with Crippen LogP contribution in [0, 0.1) is 13.8 Å². The van der Waals surface area contributed by atoms with Crippen molar-refractivity contribution in [2.24, 2.45) is 0 Å². The summed E-state index contributed by atoms with van der Waals surface area (Å²) in [6.45, 7) is 5.73. The lowest BCUT2D eigenvalue weighted by Crippen LogP contribution is -2.41. The number of piperidine rings is 1. The summed E-state index contributed by atoms with van der Waals surface area (Å²) in [4.78, 5) is 26.1. The van der Waals surface area contributed by atoms with Gasteiger partial charge in [0, 0.05) is 43.4 Å². The molecule has 3 saturated heterocycles. The first-order valence-electron chi connectivity index (χ1n) is 11.2. The van der Waals surface area contributed by atoms with E-state index in [1.54, 1.807) is 0 Å². The molecule has 0 aromatic heterocycles. The number of thioether (sulfide) groups is 1. The zero-order valence-electron chi connectivity index (χ0n) is 18.0. The molecule has 0 aliphatic carbocycles. The van der Waals surface area contributed by atoms with Crippen molar-refractivity contribution < 1.29 is 14.3 Å². The zero-order valence-corrected chi connectivity index (χ0v) is 18.8. The minimum Gasteiger partial charge on any atom is -0.490 e. The van der Waals surface area contributed by atoms with Gasteiger partial charge in [0.25, 0.3) is 0 Å². The minimum absolute atomic E-state index is 0.0320. The number of likely N-dealkylation sites (tertiary alicyclic amines) is 1. The van der Waals surface area contributed by atoms with E-state index in [0.29, 0.717) is 11.7 Å². The molecule has 3 fully saturated rings. The molecule has 0 radical (unpaired) electrons. The van der Waals surface area contributed by atoms with E-state index >= 15 is 0 Å². The first-order chi connectivity index (χ1) is 14.5. The highest BCUT2D eigenvalue weighted by Crippen LogP contribution is 2.33. The second-order valence-electron chi connectivity index (χ2n) is 8.83. The lowest BCUT2D eigenvalue weighted by atomic mass is 10.0. The van der Waals surface area contributed by atoms with Crippen molar-refractivity contribution in [2.45, 2.75) is 75.8 Å². The number of hydrogen-bond acceptors (Lipinski definition) is 4. The van der Waals surface area contributed by atoms with Gasteiger partial charge in [-0.2, -0.15) is 11.8 Å². The van der Waals surface area contributed by atoms with E-state index in [9.17, 15) is 9.59 Å². The number of nitrogens with zero attached hydrogens (tertiary/aromatic N) is 1. The molecular weight excluding hydrogens is 398 g/mol. The predicted molar refractivity (Wildman–Crippen MR) is 120 cm³/mol. The SMILES string of the molecule is Cc1ccc(C)c(OC2CCN(C(=O)CCCC[C@@H]3SC[C@@H]4NC(=O)N[C@@H]43)CC2)c1. The van der Waals surface area contributed by atoms with E-state index < -0.39 is 0 Å². The molecule has 6 nitrogen and oxygen atoms in total. The van der Waals surface area contributed by atoms with Crippen LogP contribution in [0.15, 0.2) is 18.2 Å². The van der Waals surface area contributed by atoms with Crippen molar-refractivity contribution in [3.05, 3.63) is 29.3 Å². The standard InChI is InChI=1S/C23H33N3O3S/c1-15-7-8-16(2)19(13-15)29-17-9-11-26(12-10-17)21(27)6-4-3-5-20-22-18(14-30-20)24-23(28)25-22/h7-8,13,17-18,20,22H,3-6,9-12,14H2,1-2H3,(H2,24,25,28)/t18-,20-,22-/m0/s1. The number of carbonyl (C=O) groups excluding carboxylic acids is 2. The van der Waals surface area contributed by atoms with Crippen molar-refractivity contribution in [2.75, 3.05) is 18.8 Å². The van der Waals surface area contributed by atoms with Gasteiger partial charge >= 0.3 is 6.03 Å². The van der Waals surface area contributed by atoms with Crippen LogP contribution in [-0.4, -0.2) is 59.1 Å². The Kier molecular flexibility index (Phi) is 6.76. The smallest absolute Gasteiger partial charge is 0.315 e. The predicted octanol–water partition coefficient (Wildman–Crippen LogP) is 3.40. The molecule has 3 aliphatic heterocycles. The maximum absolute atomic E-state index is 12.6. The van der Waals surface area contributed by atoms with Gasteiger partial charge in [0.2, 0.25) is 5.91 Å². The van der Waals surface area contributed by atoms with E-state index in [1.807, 2.05) is 16.7 Å². The summed E-state index contributed by atoms with van der Waals surface area (Å²) in [7, 11) is 0. The number of fused-ring (bicyclic) bond motifs is 1. The Bertz CT molecular complexity index is 779. The molecule has 2 N–H and O–H groups in total. The number of benzene rings is 1. The summed E-state index contributed by atoms with van der Waals surface area (Å²) in [6, 6.07) is 6.81. The Labute approximate surface area is 183 Å². The van der Waals surface area contributed by atoms with Gasteiger partial charge < -0.3 is 20.3 Å². The number of hydrogen-bond donors (Lipinski definition) is 2. The molecule has 3 amide bonds. The Hall–Kier alpha value is -1.89. The van der Waals surface area contributed by atoms with Gasteiger partial charge in [-0.3, -0.25) is 4.79 Å². The summed E-state index contributed by atoms with van der Waals surface area (Å²) >= 11 is 1.94. The third-order valence-corrected chi connectivity index (χ3v) is 8.01. The summed E-state index contributed by atoms with van der Waals surface area (Å²) in [5.74, 6) is 2.24. The number of unbranched alkanes of at least 4 members (excludes halogenated alkanes) is 1. The Morgan fingerprint density at radius 3 is 2.80 bits per heavy atom. The second kappa shape index (κ2) is 9.50. The number of ether oxygens (including phenoxy) is 1. The number of rotatable bonds is 7. The maximum atomic E-state index is 12.6. The Morgan fingerprint density at radius 2 is 2.00 bits per heavy atom. The Morgan fingerprint density at radius 1 is 1.20 bits per heavy atom. The van der Waals surface area contributed by atoms with Crippen LogP contribution in [0.4, 0.5) is 4.79 Å². The van der Waals surface area contributed by atoms with Crippen LogP contribution in [0.3, 0.4) is 0 Å². The number of nitrogens with one attached hydrogen (secondary N) is 2. The van der Waals surface area contributed by atoms with E-state index in [-0.39, 0.29) is 30.1 Å². The molecule has 1 aromatic carbocycles. The maximum Gasteiger partial charge on any atom is 0.315 e. The minimum atomic E-state index is -0.0320. The molecule has 1 aromatic rings. The van der Waals surface area contributed by atoms with E-state index in [1.165, 1.54) is 11.1 Å². The molecule has 30 heavy (non-hydrogen) atoms. The molecule has 0 bridgehead atoms. The number of amides is 3. The third kappa shape index (κ3) is 5.05. The van der Waals surface area contributed by atoms with Gasteiger partial charge in [0.1, 0.15) is 11.9 Å². The number of carbonyl (C=O) groups is 2. The van der Waals surface area contributed by atoms with Crippen LogP contribution < -0.4 is 15.4 Å². The summed E-state index contributed by atoms with van der Waals surface area (Å²) in [6.07, 6.45) is 5.63. The highest BCUT2D eigenvalue weighted by molar-refractivity contribution is 8.00. The van der Waals surface area contributed by atoms with Crippen LogP contribution in [0.5, 0.6) is 5.75 Å². The number of urea groups is 1. The van der Waals surface area contributed by atoms with Gasteiger partial charge in [-0.05, 0) is 43.9 Å². The molecule has 0 spiro atoms. The molecule has 164 valence electrons. The molecule has 7 heteroatoms. The second-order valence-corrected chi connectivity index (χ2v) is 10.1. The normalized spacial score (nSPS) is 26.3. The van der Waals surface area contributed by atoms with Crippen molar-refractivity contribution in [3.63, 3.8) is 0 Å². The van der Waals surface area contributed by atoms with E-state index in [0.717, 1.165) is 56.7 Å². The quantitative estimate of drug-likeness (QED) is 0.513. The largest absolute Gasteiger partial charge is 0.490 e. The number of aryl methyl sites for hydroxylation is 2. The van der Waals surface area contributed by atoms with Gasteiger partial charge in [-0.25, -0.2) is 4.79 Å². The van der Waals surface area contributed by atoms with Crippen LogP contribution >= 0.6 is 11.8 Å². The fraction of sp³-hybridized carbons (Fsp3) is 0.652. The van der Waals surface area contributed by atoms with Crippen LogP contribution in [0.2, 0.25) is 0 Å². The van der Waals surface area contributed by atoms with Gasteiger partial charge in [-0.15, -0.1) is 0 Å². The fourth-order valence-corrected chi connectivity index (χ4v) is 6.20. The molecule has 3 atom stereocenters. The van der Waals surface area contributed by atoms with Crippen LogP contribution in [-0.2, 0) is 4.79 Å². The summed E-state index contributed by atoms with van der Waals surface area (Å²) in [5, 5.41) is 6.49. The first kappa shape index (κ1) is 21.3. The molecule has 4 rings (SSSR count). The third-order valence-electron chi connectivity index (χ3n) is 6.50. The van der Waals surface area contributed by atoms with Gasteiger partial charge in [0.05, 0.1) is 12.1 Å². The zero-order chi connectivity index (χ0) is 21.1. The fourth-order valence-electron chi connectivity index (χ4n) is 4.66. The van der Waals surface area contributed by atoms with Crippen molar-refractivity contribution in [3.8, 4) is 5.75 Å². The summed E-state index contributed by atoms with van der Waals surface area (Å²) in [5.41, 5.74) is 2.38. The molecule has 0 unspecified atom stereocenters. The van der Waals surface area contributed by atoms with Gasteiger partial charge in [0.15, 0.2) is 0 Å². The highest BCUT2D eigenvalue weighted by Gasteiger charge is 2.42. The molecule has 3 heterocycles. The monoisotopic (exact) mass is 431 g/mol. The van der Waals surface area contributed by atoms with E-state index in [2.05, 4.69) is 42.7 Å². The van der Waals surface area contributed by atoms with Crippen molar-refractivity contribution >= 4 is 23.7 Å². The van der Waals surface area contributed by atoms with Crippen LogP contribution in [0.25, 0.3) is 0 Å². The average molecular weight is 432 g/mol. The lowest BCUT2D eigenvalue weighted by Gasteiger charge is -2.32. The molecule has 3 aliphatic rings. The first-order valence-corrected chi connectivity index (χ1v) is 12.2. The topological polar surface area (TPSA) is 70.7 Å². The highest BCUT2D eigenvalue weighted by atomic mass is 32.2. The lowest BCUT2D eigenvalue weighted by molar-refractivity contribution is -0.133. The van der Waals surface area contributed by atoms with Crippen LogP contribution in [0.1, 0.15) is 49.7 Å².